The molecular weight excluding hydrogens is 624 g/mol. The van der Waals surface area contributed by atoms with Gasteiger partial charge in [0.05, 0.1) is 11.1 Å². The Hall–Kier alpha value is -3.27. The molecule has 4 aromatic rings. The van der Waals surface area contributed by atoms with Gasteiger partial charge in [-0.1, -0.05) is 65.8 Å². The van der Waals surface area contributed by atoms with E-state index in [0.717, 1.165) is 32.4 Å². The van der Waals surface area contributed by atoms with Crippen LogP contribution in [0.1, 0.15) is 49.1 Å². The van der Waals surface area contributed by atoms with Gasteiger partial charge in [0.25, 0.3) is 0 Å². The Bertz CT molecular complexity index is 1640. The molecule has 1 aliphatic heterocycles. The number of nitrogens with one attached hydrogen (secondary N) is 1. The number of nitrogens with zero attached hydrogens (tertiary/aromatic N) is 3. The molecule has 212 valence electrons. The van der Waals surface area contributed by atoms with E-state index in [-0.39, 0.29) is 5.78 Å². The van der Waals surface area contributed by atoms with Crippen molar-refractivity contribution in [3.8, 4) is 11.5 Å². The molecule has 1 unspecified atom stereocenters. The van der Waals surface area contributed by atoms with Gasteiger partial charge >= 0.3 is 0 Å². The Labute approximate surface area is 257 Å². The van der Waals surface area contributed by atoms with E-state index in [4.69, 9.17) is 31.2 Å². The topological polar surface area (TPSA) is 78.3 Å². The van der Waals surface area contributed by atoms with Crippen molar-refractivity contribution < 1.29 is 14.3 Å². The Morgan fingerprint density at radius 1 is 1.10 bits per heavy atom. The molecule has 0 aliphatic carbocycles. The molecule has 0 amide bonds. The number of hydrogen-bond donors (Lipinski definition) is 1. The highest BCUT2D eigenvalue weighted by Gasteiger charge is 2.34. The number of halogens is 2. The van der Waals surface area contributed by atoms with Crippen LogP contribution < -0.4 is 14.8 Å². The van der Waals surface area contributed by atoms with Gasteiger partial charge < -0.3 is 14.8 Å². The third kappa shape index (κ3) is 6.32. The molecule has 5 rings (SSSR count). The molecular formula is C31H30BrClN4O3S. The highest BCUT2D eigenvalue weighted by Crippen LogP contribution is 2.43. The van der Waals surface area contributed by atoms with Gasteiger partial charge in [0.1, 0.15) is 12.6 Å². The van der Waals surface area contributed by atoms with Gasteiger partial charge in [0, 0.05) is 22.0 Å². The van der Waals surface area contributed by atoms with Crippen LogP contribution >= 0.6 is 39.3 Å². The molecule has 2 heterocycles. The van der Waals surface area contributed by atoms with E-state index in [2.05, 4.69) is 34.2 Å². The van der Waals surface area contributed by atoms with Gasteiger partial charge in [-0.25, -0.2) is 4.68 Å². The van der Waals surface area contributed by atoms with E-state index in [1.807, 2.05) is 68.4 Å². The van der Waals surface area contributed by atoms with Crippen LogP contribution in [0.4, 0.5) is 5.95 Å². The third-order valence-electron chi connectivity index (χ3n) is 6.81. The van der Waals surface area contributed by atoms with Crippen LogP contribution in [0.5, 0.6) is 11.5 Å². The molecule has 41 heavy (non-hydrogen) atoms. The van der Waals surface area contributed by atoms with Crippen LogP contribution in [0.15, 0.2) is 81.6 Å². The quantitative estimate of drug-likeness (QED) is 0.173. The maximum absolute atomic E-state index is 13.0. The fourth-order valence-electron chi connectivity index (χ4n) is 4.79. The molecule has 1 atom stereocenters. The van der Waals surface area contributed by atoms with Gasteiger partial charge in [0.2, 0.25) is 11.1 Å². The van der Waals surface area contributed by atoms with Crippen molar-refractivity contribution in [2.24, 2.45) is 0 Å². The van der Waals surface area contributed by atoms with Crippen LogP contribution in [-0.4, -0.2) is 27.2 Å². The van der Waals surface area contributed by atoms with Crippen molar-refractivity contribution in [2.75, 3.05) is 11.9 Å². The number of ether oxygens (including phenoxy) is 2. The highest BCUT2D eigenvalue weighted by molar-refractivity contribution is 9.10. The minimum atomic E-state index is -0.508. The minimum absolute atomic E-state index is 0.0552. The molecule has 0 bridgehead atoms. The molecule has 3 aromatic carbocycles. The first kappa shape index (κ1) is 29.2. The minimum Gasteiger partial charge on any atom is -0.490 e. The molecule has 0 saturated carbocycles. The van der Waals surface area contributed by atoms with Crippen molar-refractivity contribution in [3.63, 3.8) is 0 Å². The van der Waals surface area contributed by atoms with Gasteiger partial charge in [0.15, 0.2) is 17.3 Å². The number of aromatic nitrogens is 3. The molecule has 0 fully saturated rings. The summed E-state index contributed by atoms with van der Waals surface area (Å²) in [6, 6.07) is 19.2. The molecule has 0 spiro atoms. The predicted molar refractivity (Wildman–Crippen MR) is 167 cm³/mol. The number of anilines is 1. The van der Waals surface area contributed by atoms with Crippen LogP contribution in [0.2, 0.25) is 5.02 Å². The second kappa shape index (κ2) is 12.7. The number of carbonyl (C=O) groups excluding carboxylic acids is 1. The average molecular weight is 654 g/mol. The number of thioether (sulfide) groups is 1. The van der Waals surface area contributed by atoms with E-state index >= 15 is 0 Å². The second-order valence-electron chi connectivity index (χ2n) is 9.64. The fraction of sp³-hybridized carbons (Fsp3) is 0.258. The Morgan fingerprint density at radius 2 is 1.83 bits per heavy atom. The lowest BCUT2D eigenvalue weighted by Crippen LogP contribution is -2.28. The summed E-state index contributed by atoms with van der Waals surface area (Å²) in [6.07, 6.45) is 0. The second-order valence-corrected chi connectivity index (χ2v) is 11.8. The lowest BCUT2D eigenvalue weighted by atomic mass is 9.93. The van der Waals surface area contributed by atoms with Crippen LogP contribution in [-0.2, 0) is 17.2 Å². The number of hydrogen-bond acceptors (Lipinski definition) is 7. The first-order chi connectivity index (χ1) is 19.8. The van der Waals surface area contributed by atoms with Crippen molar-refractivity contribution in [2.45, 2.75) is 51.3 Å². The third-order valence-corrected chi connectivity index (χ3v) is 8.65. The Morgan fingerprint density at radius 3 is 2.54 bits per heavy atom. The van der Waals surface area contributed by atoms with Crippen molar-refractivity contribution in [3.05, 3.63) is 104 Å². The number of Topliss-reactive ketones (excluding diaryl/α,β-unsaturated/α-hetero) is 1. The first-order valence-corrected chi connectivity index (χ1v) is 15.4. The average Bonchev–Trinajstić information content (AvgIpc) is 3.34. The molecule has 0 radical (unpaired) electrons. The van der Waals surface area contributed by atoms with Crippen molar-refractivity contribution in [1.82, 2.24) is 14.8 Å². The predicted octanol–water partition coefficient (Wildman–Crippen LogP) is 8.15. The first-order valence-electron chi connectivity index (χ1n) is 13.2. The number of fused-ring (bicyclic) bond motifs is 1. The van der Waals surface area contributed by atoms with Crippen LogP contribution in [0, 0.1) is 6.92 Å². The normalized spacial score (nSPS) is 14.4. The molecule has 10 heteroatoms. The van der Waals surface area contributed by atoms with Gasteiger partial charge in [-0.15, -0.1) is 5.10 Å². The van der Waals surface area contributed by atoms with E-state index in [0.29, 0.717) is 52.2 Å². The Kier molecular flexibility index (Phi) is 9.06. The lowest BCUT2D eigenvalue weighted by Gasteiger charge is -2.29. The molecule has 1 aliphatic rings. The standard InChI is InChI=1S/C31H30BrClN4O3S/c1-5-39-26-15-23(14-24(32)29(26)40-16-21-11-7-6-10-18(21)2)28-27(20(4)38)19(3)34-30-35-31(36-37(28)30)41-17-22-12-8-9-13-25(22)33/h6-15,28H,5,16-17H2,1-4H3,(H,34,35,36). The largest absolute Gasteiger partial charge is 0.490 e. The summed E-state index contributed by atoms with van der Waals surface area (Å²) in [6.45, 7) is 8.30. The number of benzene rings is 3. The molecule has 1 aromatic heterocycles. The maximum Gasteiger partial charge on any atom is 0.227 e. The SMILES string of the molecule is CCOc1cc(C2C(C(C)=O)=C(C)Nc3nc(SCc4ccccc4Cl)nn32)cc(Br)c1OCc1ccccc1C. The summed E-state index contributed by atoms with van der Waals surface area (Å²) in [5.41, 5.74) is 5.41. The number of rotatable bonds is 10. The van der Waals surface area contributed by atoms with Gasteiger partial charge in [-0.3, -0.25) is 4.79 Å². The summed E-state index contributed by atoms with van der Waals surface area (Å²) in [4.78, 5) is 17.7. The van der Waals surface area contributed by atoms with E-state index in [1.165, 1.54) is 11.8 Å². The summed E-state index contributed by atoms with van der Waals surface area (Å²) in [5.74, 6) is 2.31. The van der Waals surface area contributed by atoms with Crippen LogP contribution in [0.3, 0.4) is 0 Å². The van der Waals surface area contributed by atoms with Crippen molar-refractivity contribution >= 4 is 51.0 Å². The smallest absolute Gasteiger partial charge is 0.227 e. The summed E-state index contributed by atoms with van der Waals surface area (Å²) >= 11 is 11.6. The highest BCUT2D eigenvalue weighted by atomic mass is 79.9. The van der Waals surface area contributed by atoms with Gasteiger partial charge in [-0.2, -0.15) is 4.98 Å². The van der Waals surface area contributed by atoms with E-state index in [9.17, 15) is 4.79 Å². The Balaban J connectivity index is 1.51. The zero-order valence-electron chi connectivity index (χ0n) is 23.2. The number of allylic oxidation sites excluding steroid dienone is 2. The number of aryl methyl sites for hydroxylation is 1. The zero-order valence-corrected chi connectivity index (χ0v) is 26.4. The molecule has 0 saturated heterocycles. The molecule has 7 nitrogen and oxygen atoms in total. The van der Waals surface area contributed by atoms with E-state index in [1.54, 1.807) is 11.6 Å². The number of carbonyl (C=O) groups is 1. The molecule has 1 N–H and O–H groups in total. The van der Waals surface area contributed by atoms with Gasteiger partial charge in [-0.05, 0) is 84.1 Å². The van der Waals surface area contributed by atoms with Crippen LogP contribution in [0.25, 0.3) is 0 Å². The fourth-order valence-corrected chi connectivity index (χ4v) is 6.47. The zero-order chi connectivity index (χ0) is 29.1. The lowest BCUT2D eigenvalue weighted by molar-refractivity contribution is -0.114. The number of ketones is 1. The monoisotopic (exact) mass is 652 g/mol. The van der Waals surface area contributed by atoms with Crippen molar-refractivity contribution in [1.29, 1.82) is 0 Å². The summed E-state index contributed by atoms with van der Waals surface area (Å²) in [7, 11) is 0. The summed E-state index contributed by atoms with van der Waals surface area (Å²) < 4.78 is 14.8. The van der Waals surface area contributed by atoms with E-state index < -0.39 is 6.04 Å². The summed E-state index contributed by atoms with van der Waals surface area (Å²) in [5, 5.41) is 9.38. The maximum atomic E-state index is 13.0.